The first-order valence-corrected chi connectivity index (χ1v) is 6.33. The molecule has 0 unspecified atom stereocenters. The van der Waals surface area contributed by atoms with Gasteiger partial charge >= 0.3 is 0 Å². The van der Waals surface area contributed by atoms with Gasteiger partial charge in [0, 0.05) is 5.39 Å². The normalized spacial score (nSPS) is 18.8. The van der Waals surface area contributed by atoms with Crippen LogP contribution in [-0.2, 0) is 0 Å². The van der Waals surface area contributed by atoms with Crippen LogP contribution in [0.3, 0.4) is 0 Å². The van der Waals surface area contributed by atoms with Crippen LogP contribution < -0.4 is 5.73 Å². The molecule has 0 aliphatic heterocycles. The van der Waals surface area contributed by atoms with Crippen molar-refractivity contribution in [3.8, 4) is 5.75 Å². The Hall–Kier alpha value is -1.58. The van der Waals surface area contributed by atoms with Crippen LogP contribution in [0.2, 0.25) is 0 Å². The number of nitrogens with two attached hydrogens (primary N) is 1. The van der Waals surface area contributed by atoms with Gasteiger partial charge in [0.2, 0.25) is 0 Å². The fraction of sp³-hybridized carbons (Fsp3) is 0.333. The molecule has 0 radical (unpaired) electrons. The lowest BCUT2D eigenvalue weighted by molar-refractivity contribution is 0.123. The molecule has 18 heavy (non-hydrogen) atoms. The van der Waals surface area contributed by atoms with E-state index in [1.807, 2.05) is 30.3 Å². The van der Waals surface area contributed by atoms with E-state index in [1.54, 1.807) is 6.07 Å². The van der Waals surface area contributed by atoms with E-state index in [4.69, 9.17) is 5.73 Å². The lowest BCUT2D eigenvalue weighted by atomic mass is 9.93. The van der Waals surface area contributed by atoms with Crippen molar-refractivity contribution in [3.05, 3.63) is 42.0 Å². The first-order chi connectivity index (χ1) is 8.68. The van der Waals surface area contributed by atoms with E-state index < -0.39 is 6.10 Å². The average molecular weight is 243 g/mol. The zero-order valence-corrected chi connectivity index (χ0v) is 10.1. The molecule has 0 bridgehead atoms. The van der Waals surface area contributed by atoms with Crippen molar-refractivity contribution in [2.75, 3.05) is 0 Å². The third-order valence-electron chi connectivity index (χ3n) is 3.77. The summed E-state index contributed by atoms with van der Waals surface area (Å²) in [5, 5.41) is 21.7. The lowest BCUT2D eigenvalue weighted by Gasteiger charge is -2.20. The number of aliphatic hydroxyl groups is 1. The lowest BCUT2D eigenvalue weighted by Crippen LogP contribution is -2.28. The van der Waals surface area contributed by atoms with Gasteiger partial charge in [0.15, 0.2) is 0 Å². The zero-order chi connectivity index (χ0) is 12.7. The van der Waals surface area contributed by atoms with E-state index in [9.17, 15) is 10.2 Å². The van der Waals surface area contributed by atoms with Crippen LogP contribution in [0, 0.1) is 5.92 Å². The molecule has 2 atom stereocenters. The number of hydrogen-bond donors (Lipinski definition) is 3. The van der Waals surface area contributed by atoms with Crippen molar-refractivity contribution in [3.63, 3.8) is 0 Å². The van der Waals surface area contributed by atoms with Gasteiger partial charge in [0.25, 0.3) is 0 Å². The number of fused-ring (bicyclic) bond motifs is 1. The number of hydrogen-bond acceptors (Lipinski definition) is 3. The molecule has 3 nitrogen and oxygen atoms in total. The maximum absolute atomic E-state index is 10.2. The molecule has 1 fully saturated rings. The molecule has 0 heterocycles. The van der Waals surface area contributed by atoms with E-state index in [0.717, 1.165) is 29.2 Å². The monoisotopic (exact) mass is 243 g/mol. The average Bonchev–Trinajstić information content (AvgIpc) is 3.22. The Kier molecular flexibility index (Phi) is 2.73. The molecule has 1 aliphatic rings. The molecular formula is C15H17NO2. The van der Waals surface area contributed by atoms with Crippen LogP contribution in [0.25, 0.3) is 10.8 Å². The summed E-state index contributed by atoms with van der Waals surface area (Å²) in [6, 6.07) is 10.7. The van der Waals surface area contributed by atoms with Gasteiger partial charge in [-0.1, -0.05) is 30.3 Å². The summed E-state index contributed by atoms with van der Waals surface area (Å²) in [5.74, 6) is 0.593. The number of aliphatic hydroxyl groups excluding tert-OH is 1. The summed E-state index contributed by atoms with van der Waals surface area (Å²) in [7, 11) is 0. The van der Waals surface area contributed by atoms with Crippen LogP contribution in [-0.4, -0.2) is 16.3 Å². The topological polar surface area (TPSA) is 66.5 Å². The Morgan fingerprint density at radius 1 is 1.06 bits per heavy atom. The minimum Gasteiger partial charge on any atom is -0.507 e. The minimum atomic E-state index is -0.488. The molecule has 0 saturated heterocycles. The first kappa shape index (κ1) is 11.5. The van der Waals surface area contributed by atoms with Gasteiger partial charge in [-0.25, -0.2) is 0 Å². The van der Waals surface area contributed by atoms with E-state index in [-0.39, 0.29) is 11.8 Å². The molecular weight excluding hydrogens is 226 g/mol. The number of phenolic OH excluding ortho intramolecular Hbond substituents is 1. The molecule has 0 aromatic heterocycles. The van der Waals surface area contributed by atoms with E-state index >= 15 is 0 Å². The second kappa shape index (κ2) is 4.26. The SMILES string of the molecule is N[C@@H](c1ccc(O)c2ccccc12)[C@H](O)C1CC1. The van der Waals surface area contributed by atoms with E-state index in [1.165, 1.54) is 0 Å². The summed E-state index contributed by atoms with van der Waals surface area (Å²) in [4.78, 5) is 0. The minimum absolute atomic E-state index is 0.252. The number of benzene rings is 2. The van der Waals surface area contributed by atoms with Crippen LogP contribution in [0.15, 0.2) is 36.4 Å². The predicted molar refractivity (Wildman–Crippen MR) is 71.3 cm³/mol. The second-order valence-electron chi connectivity index (χ2n) is 5.07. The Balaban J connectivity index is 2.08. The summed E-state index contributed by atoms with van der Waals surface area (Å²) in [6.45, 7) is 0. The summed E-state index contributed by atoms with van der Waals surface area (Å²) < 4.78 is 0. The third kappa shape index (κ3) is 1.85. The Morgan fingerprint density at radius 2 is 1.72 bits per heavy atom. The third-order valence-corrected chi connectivity index (χ3v) is 3.77. The highest BCUT2D eigenvalue weighted by Crippen LogP contribution is 2.39. The molecule has 4 N–H and O–H groups in total. The summed E-state index contributed by atoms with van der Waals surface area (Å²) >= 11 is 0. The summed E-state index contributed by atoms with van der Waals surface area (Å²) in [5.41, 5.74) is 7.07. The molecule has 94 valence electrons. The van der Waals surface area contributed by atoms with Gasteiger partial charge < -0.3 is 15.9 Å². The van der Waals surface area contributed by atoms with Gasteiger partial charge in [-0.15, -0.1) is 0 Å². The van der Waals surface area contributed by atoms with Crippen molar-refractivity contribution < 1.29 is 10.2 Å². The maximum atomic E-state index is 10.2. The van der Waals surface area contributed by atoms with E-state index in [0.29, 0.717) is 5.92 Å². The molecule has 0 spiro atoms. The molecule has 1 aliphatic carbocycles. The zero-order valence-electron chi connectivity index (χ0n) is 10.1. The highest BCUT2D eigenvalue weighted by atomic mass is 16.3. The van der Waals surface area contributed by atoms with Gasteiger partial charge in [0.05, 0.1) is 12.1 Å². The number of rotatable bonds is 3. The second-order valence-corrected chi connectivity index (χ2v) is 5.07. The Morgan fingerprint density at radius 3 is 2.39 bits per heavy atom. The van der Waals surface area contributed by atoms with Gasteiger partial charge in [-0.3, -0.25) is 0 Å². The molecule has 3 heteroatoms. The Labute approximate surface area is 106 Å². The van der Waals surface area contributed by atoms with Crippen molar-refractivity contribution in [1.82, 2.24) is 0 Å². The van der Waals surface area contributed by atoms with Crippen molar-refractivity contribution in [1.29, 1.82) is 0 Å². The van der Waals surface area contributed by atoms with Crippen LogP contribution in [0.1, 0.15) is 24.4 Å². The fourth-order valence-corrected chi connectivity index (χ4v) is 2.51. The molecule has 2 aromatic rings. The maximum Gasteiger partial charge on any atom is 0.123 e. The van der Waals surface area contributed by atoms with E-state index in [2.05, 4.69) is 0 Å². The smallest absolute Gasteiger partial charge is 0.123 e. The quantitative estimate of drug-likeness (QED) is 0.775. The predicted octanol–water partition coefficient (Wildman–Crippen LogP) is 2.32. The van der Waals surface area contributed by atoms with Gasteiger partial charge in [-0.05, 0) is 35.8 Å². The Bertz CT molecular complexity index is 578. The standard InChI is InChI=1S/C15H17NO2/c16-14(15(18)9-5-6-9)12-7-8-13(17)11-4-2-1-3-10(11)12/h1-4,7-9,14-15,17-18H,5-6,16H2/t14-,15+/m0/s1. The summed E-state index contributed by atoms with van der Waals surface area (Å²) in [6.07, 6.45) is 1.63. The van der Waals surface area contributed by atoms with Gasteiger partial charge in [-0.2, -0.15) is 0 Å². The molecule has 3 rings (SSSR count). The highest BCUT2D eigenvalue weighted by molar-refractivity contribution is 5.91. The van der Waals surface area contributed by atoms with Gasteiger partial charge in [0.1, 0.15) is 5.75 Å². The fourth-order valence-electron chi connectivity index (χ4n) is 2.51. The van der Waals surface area contributed by atoms with Crippen LogP contribution in [0.5, 0.6) is 5.75 Å². The number of aromatic hydroxyl groups is 1. The highest BCUT2D eigenvalue weighted by Gasteiger charge is 2.34. The number of phenols is 1. The van der Waals surface area contributed by atoms with Crippen molar-refractivity contribution >= 4 is 10.8 Å². The van der Waals surface area contributed by atoms with Crippen LogP contribution in [0.4, 0.5) is 0 Å². The molecule has 0 amide bonds. The molecule has 1 saturated carbocycles. The largest absolute Gasteiger partial charge is 0.507 e. The van der Waals surface area contributed by atoms with Crippen LogP contribution >= 0.6 is 0 Å². The first-order valence-electron chi connectivity index (χ1n) is 6.33. The molecule has 2 aromatic carbocycles. The van der Waals surface area contributed by atoms with Crippen molar-refractivity contribution in [2.45, 2.75) is 25.0 Å². The van der Waals surface area contributed by atoms with Crippen molar-refractivity contribution in [2.24, 2.45) is 11.7 Å².